The molecule has 0 aliphatic carbocycles. The molecule has 4 atom stereocenters. The van der Waals surface area contributed by atoms with Crippen LogP contribution in [0.25, 0.3) is 0 Å². The van der Waals surface area contributed by atoms with E-state index in [1.807, 2.05) is 0 Å². The molecule has 8 heteroatoms. The number of likely N-dealkylation sites (tertiary alicyclic amines) is 2. The van der Waals surface area contributed by atoms with Crippen LogP contribution >= 0.6 is 0 Å². The maximum atomic E-state index is 13.7. The molecule has 188 valence electrons. The second-order valence-corrected chi connectivity index (χ2v) is 9.77. The lowest BCUT2D eigenvalue weighted by molar-refractivity contribution is -0.134. The Morgan fingerprint density at radius 3 is 2.11 bits per heavy atom. The van der Waals surface area contributed by atoms with E-state index in [-0.39, 0.29) is 47.1 Å². The number of hydrogen-bond acceptors (Lipinski definition) is 4. The fourth-order valence-corrected chi connectivity index (χ4v) is 5.30. The molecule has 2 N–H and O–H groups in total. The van der Waals surface area contributed by atoms with Gasteiger partial charge < -0.3 is 20.0 Å². The number of nitrogens with zero attached hydrogens (tertiary/aromatic N) is 2. The topological polar surface area (TPSA) is 79.8 Å². The van der Waals surface area contributed by atoms with Crippen LogP contribution in [0.15, 0.2) is 65.1 Å². The van der Waals surface area contributed by atoms with E-state index < -0.39 is 6.04 Å². The van der Waals surface area contributed by atoms with Gasteiger partial charge in [0, 0.05) is 31.5 Å². The monoisotopic (exact) mass is 493 g/mol. The lowest BCUT2D eigenvalue weighted by atomic mass is 9.96. The van der Waals surface area contributed by atoms with Gasteiger partial charge in [0.05, 0.1) is 6.04 Å². The number of amides is 2. The van der Waals surface area contributed by atoms with E-state index in [0.717, 1.165) is 17.5 Å². The molecule has 2 aliphatic heterocycles. The molecule has 1 aromatic heterocycles. The lowest BCUT2D eigenvalue weighted by Gasteiger charge is -2.27. The molecule has 5 rings (SSSR count). The Morgan fingerprint density at radius 1 is 0.917 bits per heavy atom. The smallest absolute Gasteiger partial charge is 0.290 e. The molecule has 36 heavy (non-hydrogen) atoms. The molecule has 2 amide bonds. The van der Waals surface area contributed by atoms with E-state index in [1.54, 1.807) is 53.1 Å². The summed E-state index contributed by atoms with van der Waals surface area (Å²) >= 11 is 0. The molecule has 0 bridgehead atoms. The van der Waals surface area contributed by atoms with Gasteiger partial charge in [-0.2, -0.15) is 0 Å². The van der Waals surface area contributed by atoms with Crippen LogP contribution in [0.3, 0.4) is 0 Å². The van der Waals surface area contributed by atoms with Gasteiger partial charge >= 0.3 is 0 Å². The van der Waals surface area contributed by atoms with Crippen LogP contribution in [0, 0.1) is 11.6 Å². The zero-order valence-electron chi connectivity index (χ0n) is 20.1. The van der Waals surface area contributed by atoms with Gasteiger partial charge in [0.15, 0.2) is 5.76 Å². The highest BCUT2D eigenvalue weighted by atomic mass is 19.1. The second-order valence-electron chi connectivity index (χ2n) is 9.77. The Bertz CT molecular complexity index is 1240. The highest BCUT2D eigenvalue weighted by Crippen LogP contribution is 2.36. The summed E-state index contributed by atoms with van der Waals surface area (Å²) in [7, 11) is 0. The van der Waals surface area contributed by atoms with Crippen molar-refractivity contribution in [3.05, 3.63) is 94.9 Å². The van der Waals surface area contributed by atoms with E-state index in [4.69, 9.17) is 10.2 Å². The average molecular weight is 494 g/mol. The number of rotatable bonds is 5. The molecule has 2 aromatic carbocycles. The van der Waals surface area contributed by atoms with Gasteiger partial charge in [0.25, 0.3) is 5.91 Å². The number of halogens is 2. The Balaban J connectivity index is 1.38. The Kier molecular flexibility index (Phi) is 6.62. The third kappa shape index (κ3) is 4.78. The zero-order valence-corrected chi connectivity index (χ0v) is 20.1. The van der Waals surface area contributed by atoms with Gasteiger partial charge in [-0.25, -0.2) is 8.78 Å². The molecular weight excluding hydrogens is 464 g/mol. The van der Waals surface area contributed by atoms with Crippen LogP contribution in [0.5, 0.6) is 0 Å². The molecule has 2 aliphatic rings. The van der Waals surface area contributed by atoms with Gasteiger partial charge in [-0.3, -0.25) is 9.59 Å². The van der Waals surface area contributed by atoms with Crippen LogP contribution in [0.2, 0.25) is 0 Å². The van der Waals surface area contributed by atoms with Crippen molar-refractivity contribution < 1.29 is 22.8 Å². The predicted octanol–water partition coefficient (Wildman–Crippen LogP) is 4.59. The molecule has 0 saturated carbocycles. The molecule has 3 aromatic rings. The molecule has 0 radical (unpaired) electrons. The minimum atomic E-state index is -0.664. The summed E-state index contributed by atoms with van der Waals surface area (Å²) in [5.74, 6) is -0.450. The predicted molar refractivity (Wildman–Crippen MR) is 130 cm³/mol. The molecule has 2 fully saturated rings. The van der Waals surface area contributed by atoms with Crippen molar-refractivity contribution in [2.75, 3.05) is 19.6 Å². The van der Waals surface area contributed by atoms with Gasteiger partial charge in [0.2, 0.25) is 5.91 Å². The van der Waals surface area contributed by atoms with Crippen molar-refractivity contribution in [2.45, 2.75) is 43.7 Å². The van der Waals surface area contributed by atoms with Crippen LogP contribution in [-0.2, 0) is 4.79 Å². The second kappa shape index (κ2) is 9.85. The summed E-state index contributed by atoms with van der Waals surface area (Å²) in [6, 6.07) is 14.8. The molecule has 0 spiro atoms. The van der Waals surface area contributed by atoms with E-state index in [9.17, 15) is 18.4 Å². The quantitative estimate of drug-likeness (QED) is 0.564. The third-order valence-electron chi connectivity index (χ3n) is 7.32. The molecule has 6 nitrogen and oxygen atoms in total. The number of carbonyl (C=O) groups is 2. The first-order valence-corrected chi connectivity index (χ1v) is 12.3. The van der Waals surface area contributed by atoms with Crippen molar-refractivity contribution in [1.29, 1.82) is 0 Å². The minimum Gasteiger partial charge on any atom is -0.454 e. The summed E-state index contributed by atoms with van der Waals surface area (Å²) in [6.07, 6.45) is 1.21. The SMILES string of the molecule is CC(N)c1ccc(C(=O)N2CC(c3ccc(F)cc3)CC2C(=O)N2CCC(c3ccc(F)cc3)C2)o1. The summed E-state index contributed by atoms with van der Waals surface area (Å²) < 4.78 is 32.5. The summed E-state index contributed by atoms with van der Waals surface area (Å²) in [5, 5.41) is 0. The number of benzene rings is 2. The third-order valence-corrected chi connectivity index (χ3v) is 7.32. The van der Waals surface area contributed by atoms with Crippen LogP contribution in [-0.4, -0.2) is 47.3 Å². The van der Waals surface area contributed by atoms with Crippen LogP contribution < -0.4 is 5.73 Å². The van der Waals surface area contributed by atoms with Crippen molar-refractivity contribution >= 4 is 11.8 Å². The maximum absolute atomic E-state index is 13.7. The summed E-state index contributed by atoms with van der Waals surface area (Å²) in [4.78, 5) is 30.6. The average Bonchev–Trinajstić information content (AvgIpc) is 3.64. The Hall–Kier alpha value is -3.52. The van der Waals surface area contributed by atoms with Crippen molar-refractivity contribution in [2.24, 2.45) is 5.73 Å². The molecule has 2 saturated heterocycles. The van der Waals surface area contributed by atoms with Crippen LogP contribution in [0.1, 0.15) is 65.1 Å². The Morgan fingerprint density at radius 2 is 1.53 bits per heavy atom. The minimum absolute atomic E-state index is 0.109. The fraction of sp³-hybridized carbons (Fsp3) is 0.357. The van der Waals surface area contributed by atoms with Crippen molar-refractivity contribution in [3.63, 3.8) is 0 Å². The van der Waals surface area contributed by atoms with Gasteiger partial charge in [-0.15, -0.1) is 0 Å². The maximum Gasteiger partial charge on any atom is 0.290 e. The lowest BCUT2D eigenvalue weighted by Crippen LogP contribution is -2.47. The number of nitrogens with two attached hydrogens (primary N) is 1. The van der Waals surface area contributed by atoms with E-state index in [1.165, 1.54) is 24.3 Å². The summed E-state index contributed by atoms with van der Waals surface area (Å²) in [6.45, 7) is 3.17. The largest absolute Gasteiger partial charge is 0.454 e. The highest BCUT2D eigenvalue weighted by Gasteiger charge is 2.44. The van der Waals surface area contributed by atoms with Gasteiger partial charge in [-0.1, -0.05) is 24.3 Å². The van der Waals surface area contributed by atoms with Gasteiger partial charge in [0.1, 0.15) is 23.4 Å². The first-order valence-electron chi connectivity index (χ1n) is 12.3. The van der Waals surface area contributed by atoms with Gasteiger partial charge in [-0.05, 0) is 67.3 Å². The van der Waals surface area contributed by atoms with Crippen molar-refractivity contribution in [1.82, 2.24) is 9.80 Å². The van der Waals surface area contributed by atoms with Crippen molar-refractivity contribution in [3.8, 4) is 0 Å². The Labute approximate surface area is 208 Å². The number of furan rings is 1. The molecular formula is C28H29F2N3O3. The molecule has 4 unspecified atom stereocenters. The normalized spacial score (nSPS) is 22.7. The number of hydrogen-bond donors (Lipinski definition) is 1. The van der Waals surface area contributed by atoms with E-state index >= 15 is 0 Å². The fourth-order valence-electron chi connectivity index (χ4n) is 5.30. The zero-order chi connectivity index (χ0) is 25.4. The number of carbonyl (C=O) groups excluding carboxylic acids is 2. The standard InChI is InChI=1S/C28H29F2N3O3/c1-17(31)25-10-11-26(36-25)28(35)33-16-21(19-4-8-23(30)9-5-19)14-24(33)27(34)32-13-12-20(15-32)18-2-6-22(29)7-3-18/h2-11,17,20-21,24H,12-16,31H2,1H3. The molecule has 3 heterocycles. The highest BCUT2D eigenvalue weighted by molar-refractivity contribution is 5.96. The van der Waals surface area contributed by atoms with Crippen LogP contribution in [0.4, 0.5) is 8.78 Å². The first-order chi connectivity index (χ1) is 17.3. The van der Waals surface area contributed by atoms with E-state index in [2.05, 4.69) is 0 Å². The van der Waals surface area contributed by atoms with E-state index in [0.29, 0.717) is 31.8 Å². The first kappa shape index (κ1) is 24.2. The summed E-state index contributed by atoms with van der Waals surface area (Å²) in [5.41, 5.74) is 7.76.